The lowest BCUT2D eigenvalue weighted by atomic mass is 9.88. The molecule has 1 aromatic rings. The highest BCUT2D eigenvalue weighted by molar-refractivity contribution is 9.10. The summed E-state index contributed by atoms with van der Waals surface area (Å²) in [7, 11) is 0. The molecule has 1 heterocycles. The SMILES string of the molecule is CC1(C(=O)Nc2cc(Cl)cc(Br)c2OC(F)F)CCNC1. The van der Waals surface area contributed by atoms with Gasteiger partial charge >= 0.3 is 6.61 Å². The number of hydrogen-bond donors (Lipinski definition) is 2. The first-order valence-corrected chi connectivity index (χ1v) is 7.45. The topological polar surface area (TPSA) is 50.4 Å². The minimum atomic E-state index is -3.00. The van der Waals surface area contributed by atoms with Gasteiger partial charge in [-0.25, -0.2) is 0 Å². The van der Waals surface area contributed by atoms with E-state index in [1.165, 1.54) is 12.1 Å². The molecule has 21 heavy (non-hydrogen) atoms. The van der Waals surface area contributed by atoms with Crippen LogP contribution in [0.5, 0.6) is 5.75 Å². The quantitative estimate of drug-likeness (QED) is 0.834. The Morgan fingerprint density at radius 2 is 2.29 bits per heavy atom. The molecule has 1 unspecified atom stereocenters. The fraction of sp³-hybridized carbons (Fsp3) is 0.462. The average Bonchev–Trinajstić information content (AvgIpc) is 2.81. The highest BCUT2D eigenvalue weighted by atomic mass is 79.9. The molecule has 1 atom stereocenters. The molecule has 4 nitrogen and oxygen atoms in total. The Hall–Kier alpha value is -0.920. The number of amides is 1. The Kier molecular flexibility index (Phi) is 5.06. The highest BCUT2D eigenvalue weighted by Gasteiger charge is 2.36. The summed E-state index contributed by atoms with van der Waals surface area (Å²) in [6.07, 6.45) is 0.672. The fourth-order valence-corrected chi connectivity index (χ4v) is 3.05. The molecule has 1 aromatic carbocycles. The predicted molar refractivity (Wildman–Crippen MR) is 80.0 cm³/mol. The smallest absolute Gasteiger partial charge is 0.387 e. The second kappa shape index (κ2) is 6.46. The lowest BCUT2D eigenvalue weighted by Gasteiger charge is -2.23. The van der Waals surface area contributed by atoms with Gasteiger partial charge < -0.3 is 15.4 Å². The van der Waals surface area contributed by atoms with Gasteiger partial charge in [-0.3, -0.25) is 4.79 Å². The molecule has 1 amide bonds. The molecule has 8 heteroatoms. The van der Waals surface area contributed by atoms with Crippen LogP contribution in [-0.2, 0) is 4.79 Å². The maximum atomic E-state index is 12.5. The number of hydrogen-bond acceptors (Lipinski definition) is 3. The summed E-state index contributed by atoms with van der Waals surface area (Å²) in [5.41, 5.74) is -0.468. The molecule has 1 saturated heterocycles. The van der Waals surface area contributed by atoms with E-state index in [1.807, 2.05) is 6.92 Å². The van der Waals surface area contributed by atoms with Gasteiger partial charge in [-0.05, 0) is 48.0 Å². The summed E-state index contributed by atoms with van der Waals surface area (Å²) < 4.78 is 29.7. The second-order valence-electron chi connectivity index (χ2n) is 5.08. The Labute approximate surface area is 134 Å². The maximum Gasteiger partial charge on any atom is 0.387 e. The van der Waals surface area contributed by atoms with E-state index in [4.69, 9.17) is 11.6 Å². The van der Waals surface area contributed by atoms with Crippen molar-refractivity contribution in [2.45, 2.75) is 20.0 Å². The van der Waals surface area contributed by atoms with Gasteiger partial charge in [-0.15, -0.1) is 0 Å². The van der Waals surface area contributed by atoms with Crippen LogP contribution < -0.4 is 15.4 Å². The maximum absolute atomic E-state index is 12.5. The number of carbonyl (C=O) groups excluding carboxylic acids is 1. The fourth-order valence-electron chi connectivity index (χ4n) is 2.15. The van der Waals surface area contributed by atoms with E-state index >= 15 is 0 Å². The van der Waals surface area contributed by atoms with E-state index in [0.29, 0.717) is 18.0 Å². The van der Waals surface area contributed by atoms with E-state index in [0.717, 1.165) is 6.54 Å². The highest BCUT2D eigenvalue weighted by Crippen LogP contribution is 2.38. The van der Waals surface area contributed by atoms with Crippen molar-refractivity contribution in [3.8, 4) is 5.75 Å². The number of rotatable bonds is 4. The zero-order valence-corrected chi connectivity index (χ0v) is 13.5. The molecule has 0 aliphatic carbocycles. The van der Waals surface area contributed by atoms with Crippen LogP contribution in [0, 0.1) is 5.41 Å². The first-order chi connectivity index (χ1) is 9.82. The van der Waals surface area contributed by atoms with Crippen LogP contribution in [0.3, 0.4) is 0 Å². The monoisotopic (exact) mass is 382 g/mol. The van der Waals surface area contributed by atoms with E-state index in [-0.39, 0.29) is 21.8 Å². The number of ether oxygens (including phenoxy) is 1. The molecule has 2 N–H and O–H groups in total. The van der Waals surface area contributed by atoms with Gasteiger partial charge in [0.15, 0.2) is 5.75 Å². The third-order valence-corrected chi connectivity index (χ3v) is 4.19. The molecule has 1 aliphatic rings. The van der Waals surface area contributed by atoms with E-state index in [1.54, 1.807) is 0 Å². The Balaban J connectivity index is 2.27. The number of benzene rings is 1. The van der Waals surface area contributed by atoms with Crippen LogP contribution in [0.25, 0.3) is 0 Å². The van der Waals surface area contributed by atoms with Gasteiger partial charge in [0.2, 0.25) is 5.91 Å². The van der Waals surface area contributed by atoms with Gasteiger partial charge in [0.05, 0.1) is 15.6 Å². The van der Waals surface area contributed by atoms with Crippen molar-refractivity contribution in [2.24, 2.45) is 5.41 Å². The van der Waals surface area contributed by atoms with Crippen molar-refractivity contribution >= 4 is 39.1 Å². The van der Waals surface area contributed by atoms with E-state index in [9.17, 15) is 13.6 Å². The lowest BCUT2D eigenvalue weighted by molar-refractivity contribution is -0.123. The Morgan fingerprint density at radius 3 is 2.86 bits per heavy atom. The molecule has 1 aliphatic heterocycles. The number of alkyl halides is 2. The number of nitrogens with one attached hydrogen (secondary N) is 2. The van der Waals surface area contributed by atoms with Crippen molar-refractivity contribution in [3.05, 3.63) is 21.6 Å². The summed E-state index contributed by atoms with van der Waals surface area (Å²) in [6.45, 7) is 0.0897. The normalized spacial score (nSPS) is 21.6. The third-order valence-electron chi connectivity index (χ3n) is 3.38. The molecule has 116 valence electrons. The van der Waals surface area contributed by atoms with Gasteiger partial charge in [-0.2, -0.15) is 8.78 Å². The molecule has 2 rings (SSSR count). The summed E-state index contributed by atoms with van der Waals surface area (Å²) in [5, 5.41) is 6.03. The average molecular weight is 384 g/mol. The van der Waals surface area contributed by atoms with Crippen molar-refractivity contribution in [1.29, 1.82) is 0 Å². The second-order valence-corrected chi connectivity index (χ2v) is 6.38. The van der Waals surface area contributed by atoms with Gasteiger partial charge in [-0.1, -0.05) is 11.6 Å². The predicted octanol–water partition coefficient (Wildman–Crippen LogP) is 3.64. The summed E-state index contributed by atoms with van der Waals surface area (Å²) in [4.78, 5) is 12.3. The minimum absolute atomic E-state index is 0.118. The van der Waals surface area contributed by atoms with E-state index in [2.05, 4.69) is 31.3 Å². The van der Waals surface area contributed by atoms with Crippen molar-refractivity contribution < 1.29 is 18.3 Å². The molecular weight excluding hydrogens is 370 g/mol. The Bertz CT molecular complexity index is 551. The lowest BCUT2D eigenvalue weighted by Crippen LogP contribution is -2.35. The first kappa shape index (κ1) is 16.5. The summed E-state index contributed by atoms with van der Waals surface area (Å²) in [5.74, 6) is -0.405. The molecule has 0 spiro atoms. The first-order valence-electron chi connectivity index (χ1n) is 6.28. The molecule has 0 bridgehead atoms. The number of anilines is 1. The van der Waals surface area contributed by atoms with E-state index < -0.39 is 12.0 Å². The standard InChI is InChI=1S/C13H14BrClF2N2O2/c1-13(2-3-18-6-13)11(20)19-9-5-7(15)4-8(14)10(9)21-12(16)17/h4-5,12,18H,2-3,6H2,1H3,(H,19,20). The van der Waals surface area contributed by atoms with Crippen LogP contribution in [0.4, 0.5) is 14.5 Å². The van der Waals surface area contributed by atoms with Gasteiger partial charge in [0.25, 0.3) is 0 Å². The zero-order chi connectivity index (χ0) is 15.6. The Morgan fingerprint density at radius 1 is 1.57 bits per heavy atom. The molecule has 0 aromatic heterocycles. The summed E-state index contributed by atoms with van der Waals surface area (Å²) >= 11 is 9.01. The zero-order valence-electron chi connectivity index (χ0n) is 11.2. The van der Waals surface area contributed by atoms with Crippen molar-refractivity contribution in [3.63, 3.8) is 0 Å². The number of carbonyl (C=O) groups is 1. The van der Waals surface area contributed by atoms with Crippen molar-refractivity contribution in [2.75, 3.05) is 18.4 Å². The molecular formula is C13H14BrClF2N2O2. The minimum Gasteiger partial charge on any atom is -0.431 e. The van der Waals surface area contributed by atoms with Gasteiger partial charge in [0, 0.05) is 11.6 Å². The van der Waals surface area contributed by atoms with Crippen LogP contribution >= 0.6 is 27.5 Å². The van der Waals surface area contributed by atoms with Crippen molar-refractivity contribution in [1.82, 2.24) is 5.32 Å². The number of halogens is 4. The van der Waals surface area contributed by atoms with Crippen LogP contribution in [0.2, 0.25) is 5.02 Å². The largest absolute Gasteiger partial charge is 0.431 e. The third kappa shape index (κ3) is 3.84. The van der Waals surface area contributed by atoms with Crippen LogP contribution in [0.1, 0.15) is 13.3 Å². The van der Waals surface area contributed by atoms with Gasteiger partial charge in [0.1, 0.15) is 0 Å². The molecule has 0 radical (unpaired) electrons. The molecule has 1 fully saturated rings. The van der Waals surface area contributed by atoms with Crippen LogP contribution in [-0.4, -0.2) is 25.6 Å². The van der Waals surface area contributed by atoms with Crippen LogP contribution in [0.15, 0.2) is 16.6 Å². The molecule has 0 saturated carbocycles. The summed E-state index contributed by atoms with van der Waals surface area (Å²) in [6, 6.07) is 2.81.